The predicted octanol–water partition coefficient (Wildman–Crippen LogP) is 0.293. The third kappa shape index (κ3) is 3.44. The minimum Gasteiger partial charge on any atom is -0.336 e. The lowest BCUT2D eigenvalue weighted by Gasteiger charge is -2.34. The Morgan fingerprint density at radius 2 is 2.33 bits per heavy atom. The quantitative estimate of drug-likeness (QED) is 0.407. The van der Waals surface area contributed by atoms with Crippen LogP contribution in [0.15, 0.2) is 0 Å². The summed E-state index contributed by atoms with van der Waals surface area (Å²) >= 11 is 0. The number of piperidine rings is 1. The van der Waals surface area contributed by atoms with Crippen LogP contribution in [-0.2, 0) is 14.6 Å². The van der Waals surface area contributed by atoms with Gasteiger partial charge in [-0.25, -0.2) is 9.78 Å². The molecule has 88 valence electrons. The van der Waals surface area contributed by atoms with Gasteiger partial charge in [-0.15, -0.1) is 0 Å². The van der Waals surface area contributed by atoms with E-state index in [1.807, 2.05) is 13.8 Å². The third-order valence-electron chi connectivity index (χ3n) is 2.56. The van der Waals surface area contributed by atoms with Crippen molar-refractivity contribution in [2.24, 2.45) is 5.73 Å². The smallest absolute Gasteiger partial charge is 0.239 e. The largest absolute Gasteiger partial charge is 0.336 e. The van der Waals surface area contributed by atoms with E-state index in [9.17, 15) is 4.79 Å². The maximum Gasteiger partial charge on any atom is 0.239 e. The Labute approximate surface area is 90.4 Å². The Kier molecular flexibility index (Phi) is 5.01. The number of carbonyl (C=O) groups is 1. The van der Waals surface area contributed by atoms with E-state index in [1.54, 1.807) is 4.90 Å². The van der Waals surface area contributed by atoms with Gasteiger partial charge in [0.05, 0.1) is 18.7 Å². The predicted molar refractivity (Wildman–Crippen MR) is 56.0 cm³/mol. The Bertz CT molecular complexity index is 211. The normalized spacial score (nSPS) is 24.3. The Hall–Kier alpha value is -0.650. The van der Waals surface area contributed by atoms with Gasteiger partial charge in [0.15, 0.2) is 0 Å². The molecular weight excluding hydrogens is 196 g/mol. The number of hydrogen-bond acceptors (Lipinski definition) is 4. The maximum absolute atomic E-state index is 11.7. The molecule has 1 saturated heterocycles. The lowest BCUT2D eigenvalue weighted by Crippen LogP contribution is -2.52. The van der Waals surface area contributed by atoms with Crippen molar-refractivity contribution in [1.29, 1.82) is 0 Å². The molecule has 0 aliphatic carbocycles. The van der Waals surface area contributed by atoms with Gasteiger partial charge in [-0.05, 0) is 26.7 Å². The van der Waals surface area contributed by atoms with Crippen LogP contribution in [0.5, 0.6) is 0 Å². The van der Waals surface area contributed by atoms with Crippen LogP contribution in [0.3, 0.4) is 0 Å². The number of likely N-dealkylation sites (tertiary alicyclic amines) is 1. The fourth-order valence-electron chi connectivity index (χ4n) is 1.69. The first-order valence-corrected chi connectivity index (χ1v) is 5.47. The molecule has 2 atom stereocenters. The zero-order chi connectivity index (χ0) is 11.3. The average Bonchev–Trinajstić information content (AvgIpc) is 2.22. The molecule has 0 radical (unpaired) electrons. The van der Waals surface area contributed by atoms with Gasteiger partial charge in [-0.2, -0.15) is 0 Å². The molecule has 0 saturated carbocycles. The second kappa shape index (κ2) is 6.05. The van der Waals surface area contributed by atoms with E-state index >= 15 is 0 Å². The van der Waals surface area contributed by atoms with Gasteiger partial charge in [-0.1, -0.05) is 0 Å². The van der Waals surface area contributed by atoms with Crippen molar-refractivity contribution in [2.75, 3.05) is 19.8 Å². The fourth-order valence-corrected chi connectivity index (χ4v) is 1.69. The van der Waals surface area contributed by atoms with Crippen LogP contribution >= 0.6 is 0 Å². The first-order valence-electron chi connectivity index (χ1n) is 5.47. The molecule has 0 aromatic heterocycles. The lowest BCUT2D eigenvalue weighted by molar-refractivity contribution is -0.297. The minimum atomic E-state index is -0.340. The van der Waals surface area contributed by atoms with Crippen LogP contribution in [0.25, 0.3) is 0 Å². The molecule has 1 aliphatic rings. The molecular formula is C10H20N2O3. The van der Waals surface area contributed by atoms with Crippen molar-refractivity contribution in [3.63, 3.8) is 0 Å². The van der Waals surface area contributed by atoms with Crippen LogP contribution in [0.2, 0.25) is 0 Å². The van der Waals surface area contributed by atoms with Gasteiger partial charge in [0.25, 0.3) is 0 Å². The van der Waals surface area contributed by atoms with E-state index in [0.29, 0.717) is 13.2 Å². The molecule has 0 aromatic rings. The summed E-state index contributed by atoms with van der Waals surface area (Å²) in [7, 11) is 0. The van der Waals surface area contributed by atoms with Crippen LogP contribution in [-0.4, -0.2) is 42.6 Å². The van der Waals surface area contributed by atoms with Gasteiger partial charge in [0.1, 0.15) is 6.61 Å². The summed E-state index contributed by atoms with van der Waals surface area (Å²) in [5.74, 6) is 0.0221. The Balaban J connectivity index is 2.36. The highest BCUT2D eigenvalue weighted by molar-refractivity contribution is 5.82. The second-order valence-electron chi connectivity index (χ2n) is 3.82. The molecule has 1 aliphatic heterocycles. The number of nitrogens with two attached hydrogens (primary N) is 1. The molecule has 2 N–H and O–H groups in total. The summed E-state index contributed by atoms with van der Waals surface area (Å²) in [6.07, 6.45) is 1.75. The maximum atomic E-state index is 11.7. The molecule has 0 bridgehead atoms. The monoisotopic (exact) mass is 216 g/mol. The number of hydrogen-bond donors (Lipinski definition) is 1. The van der Waals surface area contributed by atoms with E-state index in [4.69, 9.17) is 15.5 Å². The topological polar surface area (TPSA) is 64.8 Å². The summed E-state index contributed by atoms with van der Waals surface area (Å²) in [4.78, 5) is 23.2. The van der Waals surface area contributed by atoms with Crippen molar-refractivity contribution in [2.45, 2.75) is 38.8 Å². The van der Waals surface area contributed by atoms with Crippen molar-refractivity contribution >= 4 is 5.91 Å². The highest BCUT2D eigenvalue weighted by Crippen LogP contribution is 2.13. The molecule has 5 heteroatoms. The Morgan fingerprint density at radius 3 is 3.00 bits per heavy atom. The molecule has 1 rings (SSSR count). The zero-order valence-corrected chi connectivity index (χ0v) is 9.44. The van der Waals surface area contributed by atoms with E-state index in [-0.39, 0.29) is 18.0 Å². The molecule has 15 heavy (non-hydrogen) atoms. The second-order valence-corrected chi connectivity index (χ2v) is 3.82. The number of nitrogens with zero attached hydrogens (tertiary/aromatic N) is 1. The zero-order valence-electron chi connectivity index (χ0n) is 9.44. The summed E-state index contributed by atoms with van der Waals surface area (Å²) < 4.78 is 0. The van der Waals surface area contributed by atoms with Gasteiger partial charge < -0.3 is 10.6 Å². The molecule has 0 unspecified atom stereocenters. The lowest BCUT2D eigenvalue weighted by atomic mass is 10.0. The first kappa shape index (κ1) is 12.4. The molecule has 0 aromatic carbocycles. The van der Waals surface area contributed by atoms with Crippen LogP contribution < -0.4 is 5.73 Å². The van der Waals surface area contributed by atoms with Crippen LogP contribution in [0.1, 0.15) is 26.7 Å². The van der Waals surface area contributed by atoms with Crippen molar-refractivity contribution in [3.8, 4) is 0 Å². The van der Waals surface area contributed by atoms with E-state index < -0.39 is 0 Å². The summed E-state index contributed by atoms with van der Waals surface area (Å²) in [6, 6.07) is -0.316. The molecule has 1 fully saturated rings. The minimum absolute atomic E-state index is 0.0221. The molecule has 1 heterocycles. The SMILES string of the molecule is CCOOC[C@H](C)N1CCC[C@@H](N)C1=O. The van der Waals surface area contributed by atoms with Crippen molar-refractivity contribution in [3.05, 3.63) is 0 Å². The Morgan fingerprint density at radius 1 is 1.60 bits per heavy atom. The number of amides is 1. The van der Waals surface area contributed by atoms with Gasteiger partial charge in [0, 0.05) is 6.54 Å². The third-order valence-corrected chi connectivity index (χ3v) is 2.56. The van der Waals surface area contributed by atoms with E-state index in [2.05, 4.69) is 0 Å². The highest BCUT2D eigenvalue weighted by Gasteiger charge is 2.29. The van der Waals surface area contributed by atoms with Crippen molar-refractivity contribution < 1.29 is 14.6 Å². The van der Waals surface area contributed by atoms with Crippen molar-refractivity contribution in [1.82, 2.24) is 4.90 Å². The summed E-state index contributed by atoms with van der Waals surface area (Å²) in [5.41, 5.74) is 5.70. The standard InChI is InChI=1S/C10H20N2O3/c1-3-14-15-7-8(2)12-6-4-5-9(11)10(12)13/h8-9H,3-7,11H2,1-2H3/t8-,9+/m0/s1. The average molecular weight is 216 g/mol. The van der Waals surface area contributed by atoms with Crippen LogP contribution in [0.4, 0.5) is 0 Å². The van der Waals surface area contributed by atoms with Gasteiger partial charge in [-0.3, -0.25) is 4.79 Å². The van der Waals surface area contributed by atoms with Gasteiger partial charge >= 0.3 is 0 Å². The van der Waals surface area contributed by atoms with Crippen LogP contribution in [0, 0.1) is 0 Å². The van der Waals surface area contributed by atoms with E-state index in [0.717, 1.165) is 19.4 Å². The fraction of sp³-hybridized carbons (Fsp3) is 0.900. The molecule has 5 nitrogen and oxygen atoms in total. The molecule has 0 spiro atoms. The highest BCUT2D eigenvalue weighted by atomic mass is 17.2. The number of rotatable bonds is 5. The summed E-state index contributed by atoms with van der Waals surface area (Å²) in [5, 5.41) is 0. The number of carbonyl (C=O) groups excluding carboxylic acids is 1. The van der Waals surface area contributed by atoms with E-state index in [1.165, 1.54) is 0 Å². The summed E-state index contributed by atoms with van der Waals surface area (Å²) in [6.45, 7) is 5.47. The molecule has 1 amide bonds. The first-order chi connectivity index (χ1) is 7.16. The van der Waals surface area contributed by atoms with Gasteiger partial charge in [0.2, 0.25) is 5.91 Å².